The lowest BCUT2D eigenvalue weighted by atomic mass is 10.4. The van der Waals surface area contributed by atoms with Gasteiger partial charge in [0.25, 0.3) is 0 Å². The normalized spacial score (nSPS) is 7.58. The topological polar surface area (TPSA) is 81.8 Å². The smallest absolute Gasteiger partial charge is 0.222 e. The molecule has 0 bridgehead atoms. The Morgan fingerprint density at radius 3 is 1.21 bits per heavy atom. The van der Waals surface area contributed by atoms with Gasteiger partial charge in [-0.05, 0) is 24.3 Å². The molecule has 0 unspecified atom stereocenters. The van der Waals surface area contributed by atoms with Crippen molar-refractivity contribution in [3.05, 3.63) is 60.7 Å². The van der Waals surface area contributed by atoms with Crippen LogP contribution in [0.15, 0.2) is 70.5 Å². The average Bonchev–Trinajstić information content (AvgIpc) is 2.43. The van der Waals surface area contributed by atoms with Gasteiger partial charge >= 0.3 is 0 Å². The van der Waals surface area contributed by atoms with Crippen molar-refractivity contribution in [2.45, 2.75) is 9.79 Å². The molecule has 0 aliphatic heterocycles. The summed E-state index contributed by atoms with van der Waals surface area (Å²) in [6.07, 6.45) is 1.50. The van der Waals surface area contributed by atoms with Gasteiger partial charge in [0.2, 0.25) is 12.2 Å². The van der Waals surface area contributed by atoms with Crippen molar-refractivity contribution in [1.29, 1.82) is 10.8 Å². The second-order valence-corrected chi connectivity index (χ2v) is 4.08. The van der Waals surface area contributed by atoms with E-state index in [0.29, 0.717) is 0 Å². The Morgan fingerprint density at radius 2 is 0.947 bits per heavy atom. The highest BCUT2D eigenvalue weighted by molar-refractivity contribution is 7.99. The van der Waals surface area contributed by atoms with Crippen LogP contribution in [-0.2, 0) is 9.59 Å². The first-order valence-electron chi connectivity index (χ1n) is 5.14. The highest BCUT2D eigenvalue weighted by Gasteiger charge is 1.93. The molecule has 5 heteroatoms. The van der Waals surface area contributed by atoms with E-state index in [1.807, 2.05) is 12.1 Å². The maximum atomic E-state index is 8.35. The third-order valence-corrected chi connectivity index (χ3v) is 2.74. The Kier molecular flexibility index (Phi) is 10.5. The quantitative estimate of drug-likeness (QED) is 0.646. The molecule has 19 heavy (non-hydrogen) atoms. The van der Waals surface area contributed by atoms with Gasteiger partial charge < -0.3 is 0 Å². The maximum Gasteiger partial charge on any atom is 0.231 e. The molecular weight excluding hydrogens is 260 g/mol. The molecule has 0 spiro atoms. The van der Waals surface area contributed by atoms with Crippen molar-refractivity contribution in [2.75, 3.05) is 0 Å². The van der Waals surface area contributed by atoms with Gasteiger partial charge in [-0.15, -0.1) is 0 Å². The van der Waals surface area contributed by atoms with Crippen molar-refractivity contribution in [1.82, 2.24) is 0 Å². The first-order valence-corrected chi connectivity index (χ1v) is 5.95. The SMILES string of the molecule is N=C=O.N=C=O.c1ccc(Sc2ccccc2)cc1. The summed E-state index contributed by atoms with van der Waals surface area (Å²) >= 11 is 1.79. The van der Waals surface area contributed by atoms with Crippen LogP contribution >= 0.6 is 11.8 Å². The van der Waals surface area contributed by atoms with Crippen LogP contribution < -0.4 is 0 Å². The minimum absolute atomic E-state index is 0.750. The molecule has 0 aliphatic rings. The lowest BCUT2D eigenvalue weighted by molar-refractivity contribution is 0.562. The van der Waals surface area contributed by atoms with Gasteiger partial charge in [-0.3, -0.25) is 0 Å². The second kappa shape index (κ2) is 12.0. The van der Waals surface area contributed by atoms with Gasteiger partial charge in [-0.1, -0.05) is 48.2 Å². The van der Waals surface area contributed by atoms with E-state index in [1.165, 1.54) is 9.79 Å². The number of benzene rings is 2. The highest BCUT2D eigenvalue weighted by atomic mass is 32.2. The summed E-state index contributed by atoms with van der Waals surface area (Å²) in [6.45, 7) is 0. The molecule has 2 aromatic carbocycles. The molecule has 0 fully saturated rings. The lowest BCUT2D eigenvalue weighted by Crippen LogP contribution is -1.70. The standard InChI is InChI=1S/C12H10S.2CHNO/c1-3-7-11(8-4-1)13-12-9-5-2-6-10-12;2*2-1-3/h1-10H;2*2H. The Bertz CT molecular complexity index is 468. The molecular formula is C14H12N2O2S. The number of nitrogens with one attached hydrogen (secondary N) is 2. The van der Waals surface area contributed by atoms with E-state index in [2.05, 4.69) is 48.5 Å². The lowest BCUT2D eigenvalue weighted by Gasteiger charge is -1.99. The van der Waals surface area contributed by atoms with Crippen LogP contribution in [0.25, 0.3) is 0 Å². The van der Waals surface area contributed by atoms with E-state index in [-0.39, 0.29) is 0 Å². The van der Waals surface area contributed by atoms with E-state index in [4.69, 9.17) is 20.4 Å². The van der Waals surface area contributed by atoms with Crippen molar-refractivity contribution in [2.24, 2.45) is 0 Å². The highest BCUT2D eigenvalue weighted by Crippen LogP contribution is 2.26. The van der Waals surface area contributed by atoms with Crippen LogP contribution in [0.5, 0.6) is 0 Å². The third kappa shape index (κ3) is 9.27. The Balaban J connectivity index is 0.000000465. The van der Waals surface area contributed by atoms with Crippen molar-refractivity contribution in [3.8, 4) is 0 Å². The fourth-order valence-electron chi connectivity index (χ4n) is 1.11. The molecule has 0 atom stereocenters. The first-order chi connectivity index (χ1) is 9.28. The van der Waals surface area contributed by atoms with Gasteiger partial charge in [0.1, 0.15) is 0 Å². The third-order valence-electron chi connectivity index (χ3n) is 1.72. The fraction of sp³-hybridized carbons (Fsp3) is 0. The molecule has 0 heterocycles. The molecule has 0 radical (unpaired) electrons. The molecule has 0 amide bonds. The summed E-state index contributed by atoms with van der Waals surface area (Å²) in [7, 11) is 0. The van der Waals surface area contributed by atoms with E-state index in [9.17, 15) is 0 Å². The maximum absolute atomic E-state index is 8.35. The molecule has 2 aromatic rings. The zero-order chi connectivity index (χ0) is 14.3. The van der Waals surface area contributed by atoms with Crippen LogP contribution in [0.3, 0.4) is 0 Å². The van der Waals surface area contributed by atoms with E-state index < -0.39 is 0 Å². The van der Waals surface area contributed by atoms with E-state index in [1.54, 1.807) is 11.8 Å². The van der Waals surface area contributed by atoms with E-state index in [0.717, 1.165) is 12.2 Å². The van der Waals surface area contributed by atoms with Crippen LogP contribution in [0, 0.1) is 10.8 Å². The van der Waals surface area contributed by atoms with Crippen LogP contribution in [-0.4, -0.2) is 12.2 Å². The van der Waals surface area contributed by atoms with Crippen molar-refractivity contribution in [3.63, 3.8) is 0 Å². The minimum atomic E-state index is 0.750. The van der Waals surface area contributed by atoms with Gasteiger partial charge in [0.15, 0.2) is 0 Å². The van der Waals surface area contributed by atoms with Gasteiger partial charge in [-0.2, -0.15) is 0 Å². The first kappa shape index (κ1) is 16.6. The Morgan fingerprint density at radius 1 is 0.684 bits per heavy atom. The van der Waals surface area contributed by atoms with Crippen LogP contribution in [0.4, 0.5) is 0 Å². The Labute approximate surface area is 115 Å². The van der Waals surface area contributed by atoms with Crippen LogP contribution in [0.2, 0.25) is 0 Å². The summed E-state index contributed by atoms with van der Waals surface area (Å²) in [5.74, 6) is 0. The number of hydrogen-bond donors (Lipinski definition) is 2. The largest absolute Gasteiger partial charge is 0.231 e. The number of carbonyl (C=O) groups excluding carboxylic acids is 2. The molecule has 2 rings (SSSR count). The summed E-state index contributed by atoms with van der Waals surface area (Å²) in [4.78, 5) is 19.3. The summed E-state index contributed by atoms with van der Waals surface area (Å²) in [6, 6.07) is 20.8. The molecule has 2 N–H and O–H groups in total. The van der Waals surface area contributed by atoms with Crippen molar-refractivity contribution >= 4 is 23.9 Å². The average molecular weight is 272 g/mol. The fourth-order valence-corrected chi connectivity index (χ4v) is 1.97. The summed E-state index contributed by atoms with van der Waals surface area (Å²) in [5, 5.41) is 10.8. The van der Waals surface area contributed by atoms with Gasteiger partial charge in [0.05, 0.1) is 0 Å². The van der Waals surface area contributed by atoms with Gasteiger partial charge in [0, 0.05) is 9.79 Å². The molecule has 0 saturated heterocycles. The van der Waals surface area contributed by atoms with Crippen LogP contribution in [0.1, 0.15) is 0 Å². The molecule has 96 valence electrons. The van der Waals surface area contributed by atoms with Crippen molar-refractivity contribution < 1.29 is 9.59 Å². The second-order valence-electron chi connectivity index (χ2n) is 2.93. The zero-order valence-corrected chi connectivity index (χ0v) is 10.8. The van der Waals surface area contributed by atoms with Gasteiger partial charge in [-0.25, -0.2) is 20.4 Å². The molecule has 0 saturated carbocycles. The molecule has 0 aliphatic carbocycles. The number of hydrogen-bond acceptors (Lipinski definition) is 5. The van der Waals surface area contributed by atoms with E-state index >= 15 is 0 Å². The minimum Gasteiger partial charge on any atom is -0.222 e. The monoisotopic (exact) mass is 272 g/mol. The zero-order valence-electron chi connectivity index (χ0n) is 10.00. The summed E-state index contributed by atoms with van der Waals surface area (Å²) in [5.41, 5.74) is 0. The summed E-state index contributed by atoms with van der Waals surface area (Å²) < 4.78 is 0. The molecule has 0 aromatic heterocycles. The predicted molar refractivity (Wildman–Crippen MR) is 73.8 cm³/mol. The predicted octanol–water partition coefficient (Wildman–Crippen LogP) is 3.64. The molecule has 4 nitrogen and oxygen atoms in total. The number of isocyanates is 2. The Hall–Kier alpha value is -2.45. The number of rotatable bonds is 2.